The maximum atomic E-state index is 12.0. The van der Waals surface area contributed by atoms with Gasteiger partial charge >= 0.3 is 6.03 Å². The zero-order valence-electron chi connectivity index (χ0n) is 14.9. The summed E-state index contributed by atoms with van der Waals surface area (Å²) in [6.07, 6.45) is 3.41. The molecule has 5 nitrogen and oxygen atoms in total. The minimum Gasteiger partial charge on any atom is -0.352 e. The fourth-order valence-electron chi connectivity index (χ4n) is 3.15. The quantitative estimate of drug-likeness (QED) is 0.776. The van der Waals surface area contributed by atoms with E-state index in [4.69, 9.17) is 0 Å². The van der Waals surface area contributed by atoms with Crippen LogP contribution in [0.1, 0.15) is 44.2 Å². The van der Waals surface area contributed by atoms with Crippen molar-refractivity contribution in [3.05, 3.63) is 35.4 Å². The van der Waals surface area contributed by atoms with E-state index in [-0.39, 0.29) is 24.5 Å². The van der Waals surface area contributed by atoms with Gasteiger partial charge in [-0.25, -0.2) is 4.79 Å². The zero-order valence-corrected chi connectivity index (χ0v) is 14.9. The lowest BCUT2D eigenvalue weighted by atomic mass is 9.78. The van der Waals surface area contributed by atoms with E-state index in [2.05, 4.69) is 29.8 Å². The number of carbonyl (C=O) groups excluding carboxylic acids is 2. The Morgan fingerprint density at radius 1 is 1.08 bits per heavy atom. The van der Waals surface area contributed by atoms with E-state index >= 15 is 0 Å². The number of aryl methyl sites for hydroxylation is 1. The molecule has 24 heavy (non-hydrogen) atoms. The molecule has 3 N–H and O–H groups in total. The van der Waals surface area contributed by atoms with E-state index < -0.39 is 0 Å². The van der Waals surface area contributed by atoms with Crippen LogP contribution in [-0.4, -0.2) is 24.5 Å². The van der Waals surface area contributed by atoms with E-state index in [1.807, 2.05) is 31.2 Å². The lowest BCUT2D eigenvalue weighted by molar-refractivity contribution is -0.121. The first-order valence-corrected chi connectivity index (χ1v) is 8.82. The molecule has 0 saturated heterocycles. The third-order valence-corrected chi connectivity index (χ3v) is 5.04. The zero-order chi connectivity index (χ0) is 17.5. The summed E-state index contributed by atoms with van der Waals surface area (Å²) in [7, 11) is 0. The number of rotatable bonds is 5. The van der Waals surface area contributed by atoms with Crippen molar-refractivity contribution in [2.45, 2.75) is 52.6 Å². The molecule has 1 aromatic rings. The standard InChI is InChI=1S/C19H29N3O2/c1-13-7-9-16(10-8-13)11-20-19(24)21-12-18(23)22-17-6-4-5-14(2)15(17)3/h7-10,14-15,17H,4-6,11-12H2,1-3H3,(H,22,23)(H2,20,21,24)/t14-,15+,17+/m0/s1. The van der Waals surface area contributed by atoms with Crippen LogP contribution in [0.5, 0.6) is 0 Å². The number of urea groups is 1. The molecule has 1 fully saturated rings. The highest BCUT2D eigenvalue weighted by Crippen LogP contribution is 2.29. The van der Waals surface area contributed by atoms with Gasteiger partial charge in [-0.2, -0.15) is 0 Å². The van der Waals surface area contributed by atoms with Crippen molar-refractivity contribution in [3.63, 3.8) is 0 Å². The summed E-state index contributed by atoms with van der Waals surface area (Å²) >= 11 is 0. The Bertz CT molecular complexity index is 556. The largest absolute Gasteiger partial charge is 0.352 e. The Balaban J connectivity index is 1.67. The number of hydrogen-bond donors (Lipinski definition) is 3. The van der Waals surface area contributed by atoms with Gasteiger partial charge in [-0.05, 0) is 30.7 Å². The Hall–Kier alpha value is -2.04. The average Bonchev–Trinajstić information content (AvgIpc) is 2.56. The van der Waals surface area contributed by atoms with Gasteiger partial charge < -0.3 is 16.0 Å². The van der Waals surface area contributed by atoms with Crippen molar-refractivity contribution in [3.8, 4) is 0 Å². The third-order valence-electron chi connectivity index (χ3n) is 5.04. The molecular weight excluding hydrogens is 302 g/mol. The van der Waals surface area contributed by atoms with Crippen molar-refractivity contribution >= 4 is 11.9 Å². The third kappa shape index (κ3) is 5.55. The molecule has 1 aromatic carbocycles. The topological polar surface area (TPSA) is 70.2 Å². The van der Waals surface area contributed by atoms with Crippen molar-refractivity contribution in [1.29, 1.82) is 0 Å². The fourth-order valence-corrected chi connectivity index (χ4v) is 3.15. The van der Waals surface area contributed by atoms with Gasteiger partial charge in [0.1, 0.15) is 0 Å². The maximum Gasteiger partial charge on any atom is 0.315 e. The van der Waals surface area contributed by atoms with Gasteiger partial charge in [0.05, 0.1) is 6.54 Å². The highest BCUT2D eigenvalue weighted by molar-refractivity contribution is 5.84. The van der Waals surface area contributed by atoms with Crippen LogP contribution in [0.15, 0.2) is 24.3 Å². The van der Waals surface area contributed by atoms with Crippen molar-refractivity contribution in [1.82, 2.24) is 16.0 Å². The molecule has 0 unspecified atom stereocenters. The molecule has 5 heteroatoms. The summed E-state index contributed by atoms with van der Waals surface area (Å²) < 4.78 is 0. The van der Waals surface area contributed by atoms with Crippen molar-refractivity contribution < 1.29 is 9.59 Å². The average molecular weight is 331 g/mol. The highest BCUT2D eigenvalue weighted by atomic mass is 16.2. The molecule has 0 heterocycles. The number of nitrogens with one attached hydrogen (secondary N) is 3. The van der Waals surface area contributed by atoms with Crippen LogP contribution in [0.3, 0.4) is 0 Å². The molecule has 0 bridgehead atoms. The van der Waals surface area contributed by atoms with Crippen LogP contribution < -0.4 is 16.0 Å². The van der Waals surface area contributed by atoms with Gasteiger partial charge in [0.15, 0.2) is 0 Å². The summed E-state index contributed by atoms with van der Waals surface area (Å²) in [4.78, 5) is 23.8. The summed E-state index contributed by atoms with van der Waals surface area (Å²) in [5.74, 6) is 0.999. The van der Waals surface area contributed by atoms with E-state index in [9.17, 15) is 9.59 Å². The Labute approximate surface area is 144 Å². The first-order valence-electron chi connectivity index (χ1n) is 8.82. The summed E-state index contributed by atoms with van der Waals surface area (Å²) in [6.45, 7) is 6.91. The lowest BCUT2D eigenvalue weighted by Gasteiger charge is -2.34. The second kappa shape index (κ2) is 8.71. The molecule has 1 aliphatic carbocycles. The molecule has 0 aromatic heterocycles. The first kappa shape index (κ1) is 18.3. The predicted octanol–water partition coefficient (Wildman–Crippen LogP) is 2.74. The molecule has 1 aliphatic rings. The highest BCUT2D eigenvalue weighted by Gasteiger charge is 2.27. The molecule has 0 radical (unpaired) electrons. The molecular formula is C19H29N3O2. The minimum atomic E-state index is -0.323. The molecule has 0 aliphatic heterocycles. The number of carbonyl (C=O) groups is 2. The fraction of sp³-hybridized carbons (Fsp3) is 0.579. The van der Waals surface area contributed by atoms with Crippen molar-refractivity contribution in [2.24, 2.45) is 11.8 Å². The molecule has 1 saturated carbocycles. The maximum absolute atomic E-state index is 12.0. The summed E-state index contributed by atoms with van der Waals surface area (Å²) in [6, 6.07) is 7.88. The van der Waals surface area contributed by atoms with E-state index in [0.717, 1.165) is 18.4 Å². The summed E-state index contributed by atoms with van der Waals surface area (Å²) in [5, 5.41) is 8.43. The number of hydrogen-bond acceptors (Lipinski definition) is 2. The van der Waals surface area contributed by atoms with Gasteiger partial charge in [-0.15, -0.1) is 0 Å². The van der Waals surface area contributed by atoms with Gasteiger partial charge in [0, 0.05) is 12.6 Å². The monoisotopic (exact) mass is 331 g/mol. The smallest absolute Gasteiger partial charge is 0.315 e. The molecule has 2 rings (SSSR count). The minimum absolute atomic E-state index is 0.0112. The number of benzene rings is 1. The molecule has 3 amide bonds. The predicted molar refractivity (Wildman–Crippen MR) is 95.5 cm³/mol. The van der Waals surface area contributed by atoms with E-state index in [1.165, 1.54) is 12.0 Å². The Morgan fingerprint density at radius 2 is 1.79 bits per heavy atom. The Kier molecular flexibility index (Phi) is 6.64. The van der Waals surface area contributed by atoms with Gasteiger partial charge in [0.25, 0.3) is 0 Å². The molecule has 3 atom stereocenters. The second-order valence-corrected chi connectivity index (χ2v) is 6.96. The van der Waals surface area contributed by atoms with Crippen LogP contribution in [0, 0.1) is 18.8 Å². The van der Waals surface area contributed by atoms with Gasteiger partial charge in [0.2, 0.25) is 5.91 Å². The first-order chi connectivity index (χ1) is 11.5. The second-order valence-electron chi connectivity index (χ2n) is 6.96. The molecule has 132 valence electrons. The van der Waals surface area contributed by atoms with Crippen LogP contribution in [0.4, 0.5) is 4.79 Å². The van der Waals surface area contributed by atoms with Crippen molar-refractivity contribution in [2.75, 3.05) is 6.54 Å². The lowest BCUT2D eigenvalue weighted by Crippen LogP contribution is -2.48. The van der Waals surface area contributed by atoms with Crippen LogP contribution in [0.2, 0.25) is 0 Å². The van der Waals surface area contributed by atoms with Crippen LogP contribution in [-0.2, 0) is 11.3 Å². The van der Waals surface area contributed by atoms with Crippen LogP contribution in [0.25, 0.3) is 0 Å². The van der Waals surface area contributed by atoms with Gasteiger partial charge in [-0.3, -0.25) is 4.79 Å². The van der Waals surface area contributed by atoms with E-state index in [1.54, 1.807) is 0 Å². The van der Waals surface area contributed by atoms with Crippen LogP contribution >= 0.6 is 0 Å². The van der Waals surface area contributed by atoms with Gasteiger partial charge in [-0.1, -0.05) is 56.5 Å². The van der Waals surface area contributed by atoms with E-state index in [0.29, 0.717) is 18.4 Å². The normalized spacial score (nSPS) is 23.4. The molecule has 0 spiro atoms. The number of amides is 3. The summed E-state index contributed by atoms with van der Waals surface area (Å²) in [5.41, 5.74) is 2.22. The SMILES string of the molecule is Cc1ccc(CNC(=O)NCC(=O)N[C@@H]2CCC[C@H](C)[C@H]2C)cc1. The Morgan fingerprint density at radius 3 is 2.50 bits per heavy atom.